The highest BCUT2D eigenvalue weighted by atomic mass is 79.9. The Hall–Kier alpha value is -0.610. The van der Waals surface area contributed by atoms with Crippen molar-refractivity contribution < 1.29 is 4.74 Å². The molecule has 1 aromatic heterocycles. The number of methoxy groups -OCH3 is 1. The molecule has 0 radical (unpaired) electrons. The number of pyridine rings is 1. The number of rotatable bonds is 3. The molecule has 0 unspecified atom stereocenters. The number of aryl methyl sites for hydroxylation is 1. The van der Waals surface area contributed by atoms with E-state index in [4.69, 9.17) is 4.74 Å². The van der Waals surface area contributed by atoms with Crippen molar-refractivity contribution in [3.8, 4) is 0 Å². The third kappa shape index (κ3) is 3.19. The van der Waals surface area contributed by atoms with Crippen LogP contribution in [0.25, 0.3) is 0 Å². The van der Waals surface area contributed by atoms with Crippen LogP contribution in [0, 0.1) is 12.8 Å². The Morgan fingerprint density at radius 3 is 2.76 bits per heavy atom. The Morgan fingerprint density at radius 2 is 2.18 bits per heavy atom. The van der Waals surface area contributed by atoms with Gasteiger partial charge in [0, 0.05) is 37.5 Å². The van der Waals surface area contributed by atoms with Crippen LogP contribution < -0.4 is 4.90 Å². The lowest BCUT2D eigenvalue weighted by Gasteiger charge is -2.32. The van der Waals surface area contributed by atoms with E-state index < -0.39 is 0 Å². The first-order valence-corrected chi connectivity index (χ1v) is 6.86. The molecular formula is C13H19BrN2O. The molecule has 1 aliphatic heterocycles. The average molecular weight is 299 g/mol. The summed E-state index contributed by atoms with van der Waals surface area (Å²) >= 11 is 3.49. The molecule has 1 aliphatic rings. The Labute approximate surface area is 111 Å². The number of hydrogen-bond acceptors (Lipinski definition) is 3. The smallest absolute Gasteiger partial charge is 0.128 e. The van der Waals surface area contributed by atoms with Gasteiger partial charge in [-0.15, -0.1) is 0 Å². The van der Waals surface area contributed by atoms with Crippen LogP contribution >= 0.6 is 15.9 Å². The summed E-state index contributed by atoms with van der Waals surface area (Å²) in [7, 11) is 1.78. The number of halogens is 1. The number of ether oxygens (including phenoxy) is 1. The molecule has 0 bridgehead atoms. The molecular weight excluding hydrogens is 280 g/mol. The maximum Gasteiger partial charge on any atom is 0.128 e. The molecule has 3 nitrogen and oxygen atoms in total. The van der Waals surface area contributed by atoms with Gasteiger partial charge in [0.2, 0.25) is 0 Å². The fourth-order valence-corrected chi connectivity index (χ4v) is 2.48. The number of piperidine rings is 1. The number of hydrogen-bond donors (Lipinski definition) is 0. The highest BCUT2D eigenvalue weighted by Crippen LogP contribution is 2.24. The van der Waals surface area contributed by atoms with Crippen molar-refractivity contribution in [2.45, 2.75) is 19.8 Å². The second-order valence-electron chi connectivity index (χ2n) is 4.68. The van der Waals surface area contributed by atoms with Crippen LogP contribution in [0.15, 0.2) is 16.7 Å². The lowest BCUT2D eigenvalue weighted by Crippen LogP contribution is -2.35. The minimum Gasteiger partial charge on any atom is -0.384 e. The second-order valence-corrected chi connectivity index (χ2v) is 5.53. The third-order valence-corrected chi connectivity index (χ3v) is 4.20. The quantitative estimate of drug-likeness (QED) is 0.858. The topological polar surface area (TPSA) is 25.4 Å². The third-order valence-electron chi connectivity index (χ3n) is 3.37. The fourth-order valence-electron chi connectivity index (χ4n) is 2.26. The van der Waals surface area contributed by atoms with E-state index in [0.717, 1.165) is 30.0 Å². The monoisotopic (exact) mass is 298 g/mol. The predicted octanol–water partition coefficient (Wildman–Crippen LogP) is 3.02. The SMILES string of the molecule is COCC1CCN(c2cc(C)c(Br)cn2)CC1. The van der Waals surface area contributed by atoms with Crippen molar-refractivity contribution in [3.63, 3.8) is 0 Å². The first-order chi connectivity index (χ1) is 8.20. The molecule has 2 rings (SSSR count). The molecule has 0 aliphatic carbocycles. The van der Waals surface area contributed by atoms with E-state index in [1.54, 1.807) is 7.11 Å². The summed E-state index contributed by atoms with van der Waals surface area (Å²) in [4.78, 5) is 6.85. The highest BCUT2D eigenvalue weighted by Gasteiger charge is 2.20. The van der Waals surface area contributed by atoms with Crippen molar-refractivity contribution in [1.29, 1.82) is 0 Å². The largest absolute Gasteiger partial charge is 0.384 e. The van der Waals surface area contributed by atoms with E-state index >= 15 is 0 Å². The van der Waals surface area contributed by atoms with Gasteiger partial charge in [-0.25, -0.2) is 4.98 Å². The van der Waals surface area contributed by atoms with Gasteiger partial charge in [0.1, 0.15) is 5.82 Å². The minimum absolute atomic E-state index is 0.716. The van der Waals surface area contributed by atoms with Crippen LogP contribution in [-0.4, -0.2) is 31.8 Å². The molecule has 0 aromatic carbocycles. The summed E-state index contributed by atoms with van der Waals surface area (Å²) in [5, 5.41) is 0. The zero-order valence-electron chi connectivity index (χ0n) is 10.4. The van der Waals surface area contributed by atoms with Crippen LogP contribution in [0.5, 0.6) is 0 Å². The van der Waals surface area contributed by atoms with Crippen LogP contribution in [0.3, 0.4) is 0 Å². The molecule has 1 aromatic rings. The summed E-state index contributed by atoms with van der Waals surface area (Å²) in [6.07, 6.45) is 4.29. The van der Waals surface area contributed by atoms with Crippen molar-refractivity contribution in [2.75, 3.05) is 31.7 Å². The van der Waals surface area contributed by atoms with Gasteiger partial charge in [-0.3, -0.25) is 0 Å². The summed E-state index contributed by atoms with van der Waals surface area (Å²) in [6, 6.07) is 2.15. The highest BCUT2D eigenvalue weighted by molar-refractivity contribution is 9.10. The van der Waals surface area contributed by atoms with E-state index in [1.807, 2.05) is 6.20 Å². The summed E-state index contributed by atoms with van der Waals surface area (Å²) < 4.78 is 6.30. The van der Waals surface area contributed by atoms with Gasteiger partial charge >= 0.3 is 0 Å². The summed E-state index contributed by atoms with van der Waals surface area (Å²) in [6.45, 7) is 5.16. The maximum absolute atomic E-state index is 5.22. The molecule has 94 valence electrons. The first kappa shape index (κ1) is 12.8. The molecule has 17 heavy (non-hydrogen) atoms. The predicted molar refractivity (Wildman–Crippen MR) is 73.5 cm³/mol. The lowest BCUT2D eigenvalue weighted by atomic mass is 9.98. The zero-order valence-corrected chi connectivity index (χ0v) is 12.0. The van der Waals surface area contributed by atoms with Crippen molar-refractivity contribution in [3.05, 3.63) is 22.3 Å². The molecule has 0 amide bonds. The van der Waals surface area contributed by atoms with E-state index in [1.165, 1.54) is 18.4 Å². The zero-order chi connectivity index (χ0) is 12.3. The van der Waals surface area contributed by atoms with Crippen LogP contribution in [0.4, 0.5) is 5.82 Å². The van der Waals surface area contributed by atoms with Gasteiger partial charge in [0.25, 0.3) is 0 Å². The number of aromatic nitrogens is 1. The molecule has 0 atom stereocenters. The lowest BCUT2D eigenvalue weighted by molar-refractivity contribution is 0.139. The van der Waals surface area contributed by atoms with Crippen molar-refractivity contribution in [2.24, 2.45) is 5.92 Å². The van der Waals surface area contributed by atoms with Gasteiger partial charge in [0.05, 0.1) is 0 Å². The van der Waals surface area contributed by atoms with Crippen LogP contribution in [0.1, 0.15) is 18.4 Å². The van der Waals surface area contributed by atoms with Gasteiger partial charge in [0.15, 0.2) is 0 Å². The van der Waals surface area contributed by atoms with Gasteiger partial charge < -0.3 is 9.64 Å². The Kier molecular flexibility index (Phi) is 4.40. The van der Waals surface area contributed by atoms with Gasteiger partial charge in [-0.1, -0.05) is 0 Å². The van der Waals surface area contributed by atoms with E-state index in [0.29, 0.717) is 5.92 Å². The maximum atomic E-state index is 5.22. The molecule has 1 fully saturated rings. The van der Waals surface area contributed by atoms with Crippen molar-refractivity contribution in [1.82, 2.24) is 4.98 Å². The van der Waals surface area contributed by atoms with Crippen LogP contribution in [-0.2, 0) is 4.74 Å². The molecule has 1 saturated heterocycles. The average Bonchev–Trinajstić information content (AvgIpc) is 2.34. The Bertz CT molecular complexity index is 376. The van der Waals surface area contributed by atoms with Crippen LogP contribution in [0.2, 0.25) is 0 Å². The van der Waals surface area contributed by atoms with E-state index in [-0.39, 0.29) is 0 Å². The Balaban J connectivity index is 1.98. The van der Waals surface area contributed by atoms with E-state index in [2.05, 4.69) is 38.8 Å². The Morgan fingerprint density at radius 1 is 1.47 bits per heavy atom. The summed E-state index contributed by atoms with van der Waals surface area (Å²) in [5.41, 5.74) is 1.24. The van der Waals surface area contributed by atoms with Crippen molar-refractivity contribution >= 4 is 21.7 Å². The number of anilines is 1. The first-order valence-electron chi connectivity index (χ1n) is 6.06. The standard InChI is InChI=1S/C13H19BrN2O/c1-10-7-13(15-8-12(10)14)16-5-3-11(4-6-16)9-17-2/h7-8,11H,3-6,9H2,1-2H3. The van der Waals surface area contributed by atoms with Gasteiger partial charge in [-0.05, 0) is 53.2 Å². The second kappa shape index (κ2) is 5.83. The normalized spacial score (nSPS) is 17.5. The molecule has 0 spiro atoms. The summed E-state index contributed by atoms with van der Waals surface area (Å²) in [5.74, 6) is 1.81. The van der Waals surface area contributed by atoms with Gasteiger partial charge in [-0.2, -0.15) is 0 Å². The minimum atomic E-state index is 0.716. The molecule has 4 heteroatoms. The molecule has 2 heterocycles. The fraction of sp³-hybridized carbons (Fsp3) is 0.615. The molecule has 0 saturated carbocycles. The van der Waals surface area contributed by atoms with E-state index in [9.17, 15) is 0 Å². The molecule has 0 N–H and O–H groups in total. The number of nitrogens with zero attached hydrogens (tertiary/aromatic N) is 2.